The third-order valence-electron chi connectivity index (χ3n) is 7.05. The lowest BCUT2D eigenvalue weighted by Gasteiger charge is -2.35. The van der Waals surface area contributed by atoms with Gasteiger partial charge in [0.25, 0.3) is 0 Å². The van der Waals surface area contributed by atoms with Crippen molar-refractivity contribution in [2.24, 2.45) is 10.9 Å². The van der Waals surface area contributed by atoms with Crippen LogP contribution in [0.15, 0.2) is 35.5 Å². The number of aliphatic imine (C=N–C) groups is 1. The predicted molar refractivity (Wildman–Crippen MR) is 122 cm³/mol. The molecule has 0 spiro atoms. The number of halogens is 1. The van der Waals surface area contributed by atoms with Crippen LogP contribution in [-0.4, -0.2) is 45.7 Å². The lowest BCUT2D eigenvalue weighted by Crippen LogP contribution is -2.52. The molecular formula is C25H28FN4O2+. The molecule has 0 amide bonds. The Bertz CT molecular complexity index is 1170. The monoisotopic (exact) mass is 435 g/mol. The molecule has 2 atom stereocenters. The van der Waals surface area contributed by atoms with Gasteiger partial charge in [-0.15, -0.1) is 0 Å². The highest BCUT2D eigenvalue weighted by atomic mass is 19.1. The lowest BCUT2D eigenvalue weighted by molar-refractivity contribution is -0.566. The largest absolute Gasteiger partial charge is 0.497 e. The smallest absolute Gasteiger partial charge is 0.336 e. The molecule has 1 saturated heterocycles. The molecule has 0 bridgehead atoms. The predicted octanol–water partition coefficient (Wildman–Crippen LogP) is 3.41. The van der Waals surface area contributed by atoms with Crippen LogP contribution in [-0.2, 0) is 0 Å². The van der Waals surface area contributed by atoms with Crippen LogP contribution in [0.25, 0.3) is 5.57 Å². The number of rotatable bonds is 4. The van der Waals surface area contributed by atoms with Gasteiger partial charge in [-0.3, -0.25) is 0 Å². The van der Waals surface area contributed by atoms with Crippen molar-refractivity contribution in [3.63, 3.8) is 0 Å². The molecule has 1 aliphatic carbocycles. The van der Waals surface area contributed by atoms with E-state index in [-0.39, 0.29) is 11.7 Å². The summed E-state index contributed by atoms with van der Waals surface area (Å²) in [5.41, 5.74) is 4.60. The average molecular weight is 436 g/mol. The van der Waals surface area contributed by atoms with Gasteiger partial charge in [0, 0.05) is 43.2 Å². The molecule has 32 heavy (non-hydrogen) atoms. The number of piperazine rings is 1. The Labute approximate surface area is 187 Å². The molecular weight excluding hydrogens is 407 g/mol. The summed E-state index contributed by atoms with van der Waals surface area (Å²) in [5, 5.41) is 3.44. The van der Waals surface area contributed by atoms with E-state index in [9.17, 15) is 0 Å². The summed E-state index contributed by atoms with van der Waals surface area (Å²) in [6.07, 6.45) is 6.30. The van der Waals surface area contributed by atoms with Crippen molar-refractivity contribution >= 4 is 22.8 Å². The van der Waals surface area contributed by atoms with Crippen molar-refractivity contribution in [2.75, 3.05) is 38.8 Å². The van der Waals surface area contributed by atoms with Gasteiger partial charge in [0.15, 0.2) is 22.9 Å². The topological polar surface area (TPSA) is 50.0 Å². The second kappa shape index (κ2) is 7.30. The Morgan fingerprint density at radius 3 is 2.78 bits per heavy atom. The number of aromatic nitrogens is 1. The van der Waals surface area contributed by atoms with Crippen molar-refractivity contribution in [2.45, 2.75) is 31.7 Å². The molecule has 2 unspecified atom stereocenters. The van der Waals surface area contributed by atoms with E-state index in [1.807, 2.05) is 16.7 Å². The van der Waals surface area contributed by atoms with Crippen LogP contribution in [0, 0.1) is 11.7 Å². The van der Waals surface area contributed by atoms with Gasteiger partial charge >= 0.3 is 5.84 Å². The minimum atomic E-state index is -0.272. The normalized spacial score (nSPS) is 23.7. The van der Waals surface area contributed by atoms with Gasteiger partial charge in [0.2, 0.25) is 0 Å². The quantitative estimate of drug-likeness (QED) is 0.748. The van der Waals surface area contributed by atoms with E-state index in [0.29, 0.717) is 23.4 Å². The van der Waals surface area contributed by atoms with Crippen LogP contribution in [0.2, 0.25) is 0 Å². The van der Waals surface area contributed by atoms with E-state index in [0.717, 1.165) is 53.7 Å². The van der Waals surface area contributed by atoms with Crippen molar-refractivity contribution in [3.8, 4) is 11.5 Å². The number of hydrogen-bond donors (Lipinski definition) is 1. The highest BCUT2D eigenvalue weighted by Crippen LogP contribution is 2.51. The van der Waals surface area contributed by atoms with E-state index in [1.54, 1.807) is 20.4 Å². The van der Waals surface area contributed by atoms with Gasteiger partial charge in [0.05, 0.1) is 19.8 Å². The highest BCUT2D eigenvalue weighted by molar-refractivity contribution is 6.24. The van der Waals surface area contributed by atoms with Crippen molar-refractivity contribution in [1.82, 2.24) is 5.32 Å². The minimum absolute atomic E-state index is 0.173. The molecule has 2 aromatic rings. The van der Waals surface area contributed by atoms with Crippen molar-refractivity contribution in [3.05, 3.63) is 47.5 Å². The SMILES string of the molecule is COc1ccc2c(c1)N=C1C2=CC(C2CC2)c2c(OC)c(N3CCNC(C)C3)c(F)c[n+]21. The Balaban J connectivity index is 1.55. The fourth-order valence-corrected chi connectivity index (χ4v) is 5.38. The summed E-state index contributed by atoms with van der Waals surface area (Å²) >= 11 is 0. The molecule has 4 heterocycles. The zero-order valence-corrected chi connectivity index (χ0v) is 18.7. The first kappa shape index (κ1) is 19.7. The molecule has 1 aromatic carbocycles. The Hall–Kier alpha value is -2.93. The molecule has 4 aliphatic rings. The van der Waals surface area contributed by atoms with Crippen molar-refractivity contribution in [1.29, 1.82) is 0 Å². The minimum Gasteiger partial charge on any atom is -0.497 e. The maximum absolute atomic E-state index is 15.7. The number of fused-ring (bicyclic) bond motifs is 5. The average Bonchev–Trinajstić information content (AvgIpc) is 3.58. The van der Waals surface area contributed by atoms with E-state index in [2.05, 4.69) is 29.3 Å². The summed E-state index contributed by atoms with van der Waals surface area (Å²) in [7, 11) is 3.31. The molecule has 6 rings (SSSR count). The van der Waals surface area contributed by atoms with Gasteiger partial charge in [-0.1, -0.05) is 6.08 Å². The van der Waals surface area contributed by atoms with Crippen molar-refractivity contribution < 1.29 is 18.4 Å². The maximum atomic E-state index is 15.7. The number of ether oxygens (including phenoxy) is 2. The first-order valence-electron chi connectivity index (χ1n) is 11.4. The number of nitrogens with one attached hydrogen (secondary N) is 1. The third kappa shape index (κ3) is 2.94. The number of anilines is 1. The van der Waals surface area contributed by atoms with Gasteiger partial charge in [-0.05, 0) is 42.8 Å². The first-order valence-corrected chi connectivity index (χ1v) is 11.4. The zero-order valence-electron chi connectivity index (χ0n) is 18.7. The summed E-state index contributed by atoms with van der Waals surface area (Å²) in [5.74, 6) is 2.62. The van der Waals surface area contributed by atoms with E-state index in [1.165, 1.54) is 12.8 Å². The molecule has 1 aromatic heterocycles. The zero-order chi connectivity index (χ0) is 22.0. The number of allylic oxidation sites excluding steroid dienone is 2. The number of methoxy groups -OCH3 is 2. The Kier molecular flexibility index (Phi) is 4.50. The number of nitrogens with zero attached hydrogens (tertiary/aromatic N) is 3. The fraction of sp³-hybridized carbons (Fsp3) is 0.440. The number of benzene rings is 1. The molecule has 0 radical (unpaired) electrons. The Morgan fingerprint density at radius 2 is 2.06 bits per heavy atom. The summed E-state index contributed by atoms with van der Waals surface area (Å²) in [6, 6.07) is 6.25. The van der Waals surface area contributed by atoms with Crippen LogP contribution >= 0.6 is 0 Å². The second-order valence-electron chi connectivity index (χ2n) is 9.18. The van der Waals surface area contributed by atoms with Crippen LogP contribution < -0.4 is 24.3 Å². The number of hydrogen-bond acceptors (Lipinski definition) is 5. The molecule has 3 aliphatic heterocycles. The standard InChI is InChI=1S/C25H28FN4O2/c1-14-12-29(9-8-27-14)23-20(26)13-30-22(24(23)32-3)18(15-4-5-15)11-19-17-7-6-16(31-2)10-21(17)28-25(19)30/h6-7,10-11,13-15,18,27H,4-5,8-9,12H2,1-3H3/q+1. The molecule has 1 N–H and O–H groups in total. The van der Waals surface area contributed by atoms with Crippen LogP contribution in [0.4, 0.5) is 15.8 Å². The van der Waals surface area contributed by atoms with E-state index in [4.69, 9.17) is 14.5 Å². The highest BCUT2D eigenvalue weighted by Gasteiger charge is 2.47. The number of pyridine rings is 1. The molecule has 1 saturated carbocycles. The summed E-state index contributed by atoms with van der Waals surface area (Å²) in [6.45, 7) is 4.46. The second-order valence-corrected chi connectivity index (χ2v) is 9.18. The molecule has 2 fully saturated rings. The summed E-state index contributed by atoms with van der Waals surface area (Å²) < 4.78 is 29.0. The van der Waals surface area contributed by atoms with Gasteiger partial charge in [-0.25, -0.2) is 4.39 Å². The van der Waals surface area contributed by atoms with E-state index < -0.39 is 0 Å². The third-order valence-corrected chi connectivity index (χ3v) is 7.05. The Morgan fingerprint density at radius 1 is 1.22 bits per heavy atom. The van der Waals surface area contributed by atoms with Gasteiger partial charge in [0.1, 0.15) is 17.6 Å². The molecule has 7 heteroatoms. The lowest BCUT2D eigenvalue weighted by atomic mass is 9.88. The van der Waals surface area contributed by atoms with Gasteiger partial charge < -0.3 is 19.7 Å². The van der Waals surface area contributed by atoms with Crippen LogP contribution in [0.5, 0.6) is 11.5 Å². The fourth-order valence-electron chi connectivity index (χ4n) is 5.38. The van der Waals surface area contributed by atoms with Crippen LogP contribution in [0.3, 0.4) is 0 Å². The molecule has 166 valence electrons. The van der Waals surface area contributed by atoms with Crippen LogP contribution in [0.1, 0.15) is 36.9 Å². The van der Waals surface area contributed by atoms with E-state index >= 15 is 4.39 Å². The maximum Gasteiger partial charge on any atom is 0.336 e. The summed E-state index contributed by atoms with van der Waals surface area (Å²) in [4.78, 5) is 7.01. The molecule has 6 nitrogen and oxygen atoms in total. The van der Waals surface area contributed by atoms with Gasteiger partial charge in [-0.2, -0.15) is 4.57 Å². The first-order chi connectivity index (χ1) is 15.6.